The van der Waals surface area contributed by atoms with Crippen molar-refractivity contribution in [3.8, 4) is 0 Å². The van der Waals surface area contributed by atoms with Gasteiger partial charge in [0, 0.05) is 6.61 Å². The lowest BCUT2D eigenvalue weighted by molar-refractivity contribution is -0.213. The summed E-state index contributed by atoms with van der Waals surface area (Å²) in [6, 6.07) is 0. The van der Waals surface area contributed by atoms with Gasteiger partial charge in [-0.1, -0.05) is 13.8 Å². The Morgan fingerprint density at radius 3 is 2.71 bits per heavy atom. The maximum Gasteiger partial charge on any atom is 0.0655 e. The number of rotatable bonds is 0. The zero-order chi connectivity index (χ0) is 12.3. The van der Waals surface area contributed by atoms with E-state index < -0.39 is 5.60 Å². The number of hydrogen-bond donors (Lipinski definition) is 1. The van der Waals surface area contributed by atoms with Gasteiger partial charge >= 0.3 is 0 Å². The van der Waals surface area contributed by atoms with E-state index in [2.05, 4.69) is 20.8 Å². The summed E-state index contributed by atoms with van der Waals surface area (Å²) in [7, 11) is 0. The fourth-order valence-corrected chi connectivity index (χ4v) is 4.83. The average molecular weight is 238 g/mol. The Morgan fingerprint density at radius 2 is 1.94 bits per heavy atom. The molecule has 4 fully saturated rings. The third kappa shape index (κ3) is 1.67. The molecule has 2 nitrogen and oxygen atoms in total. The zero-order valence-corrected chi connectivity index (χ0v) is 11.4. The van der Waals surface area contributed by atoms with Crippen LogP contribution in [0.5, 0.6) is 0 Å². The topological polar surface area (TPSA) is 29.5 Å². The summed E-state index contributed by atoms with van der Waals surface area (Å²) >= 11 is 0. The van der Waals surface area contributed by atoms with E-state index in [0.29, 0.717) is 17.9 Å². The van der Waals surface area contributed by atoms with Crippen LogP contribution in [0.4, 0.5) is 0 Å². The van der Waals surface area contributed by atoms with Crippen molar-refractivity contribution < 1.29 is 9.84 Å². The highest BCUT2D eigenvalue weighted by atomic mass is 16.5. The fourth-order valence-electron chi connectivity index (χ4n) is 4.83. The maximum atomic E-state index is 10.7. The molecule has 4 bridgehead atoms. The summed E-state index contributed by atoms with van der Waals surface area (Å²) < 4.78 is 6.19. The van der Waals surface area contributed by atoms with Gasteiger partial charge < -0.3 is 9.84 Å². The lowest BCUT2D eigenvalue weighted by Crippen LogP contribution is -2.59. The minimum absolute atomic E-state index is 0.221. The van der Waals surface area contributed by atoms with Gasteiger partial charge in [0.15, 0.2) is 0 Å². The maximum absolute atomic E-state index is 10.7. The third-order valence-electron chi connectivity index (χ3n) is 6.15. The Labute approximate surface area is 105 Å². The first-order chi connectivity index (χ1) is 7.93. The highest BCUT2D eigenvalue weighted by Crippen LogP contribution is 2.58. The van der Waals surface area contributed by atoms with Crippen LogP contribution in [-0.4, -0.2) is 23.4 Å². The van der Waals surface area contributed by atoms with Crippen LogP contribution in [0.2, 0.25) is 0 Å². The van der Waals surface area contributed by atoms with Crippen molar-refractivity contribution in [2.75, 3.05) is 6.61 Å². The lowest BCUT2D eigenvalue weighted by Gasteiger charge is -2.59. The Hall–Kier alpha value is -0.0800. The minimum atomic E-state index is -0.468. The smallest absolute Gasteiger partial charge is 0.0655 e. The highest BCUT2D eigenvalue weighted by Gasteiger charge is 2.57. The Balaban J connectivity index is 1.98. The largest absolute Gasteiger partial charge is 0.390 e. The van der Waals surface area contributed by atoms with Crippen LogP contribution >= 0.6 is 0 Å². The molecule has 0 aromatic heterocycles. The van der Waals surface area contributed by atoms with Gasteiger partial charge in [-0.05, 0) is 62.2 Å². The third-order valence-corrected chi connectivity index (χ3v) is 6.15. The second-order valence-electron chi connectivity index (χ2n) is 7.29. The van der Waals surface area contributed by atoms with Crippen LogP contribution in [0.15, 0.2) is 0 Å². The Morgan fingerprint density at radius 1 is 1.18 bits per heavy atom. The first kappa shape index (κ1) is 12.0. The molecule has 2 heteroatoms. The summed E-state index contributed by atoms with van der Waals surface area (Å²) in [6.07, 6.45) is 6.13. The molecule has 0 aromatic rings. The van der Waals surface area contributed by atoms with Crippen molar-refractivity contribution >= 4 is 0 Å². The van der Waals surface area contributed by atoms with Crippen LogP contribution in [0.25, 0.3) is 0 Å². The van der Waals surface area contributed by atoms with Crippen LogP contribution in [0.3, 0.4) is 0 Å². The van der Waals surface area contributed by atoms with Crippen molar-refractivity contribution in [2.24, 2.45) is 23.2 Å². The molecule has 2 saturated heterocycles. The molecule has 0 spiro atoms. The van der Waals surface area contributed by atoms with Crippen molar-refractivity contribution in [2.45, 2.75) is 64.6 Å². The Bertz CT molecular complexity index is 310. The quantitative estimate of drug-likeness (QED) is 0.703. The molecule has 17 heavy (non-hydrogen) atoms. The lowest BCUT2D eigenvalue weighted by atomic mass is 9.51. The molecule has 4 aliphatic rings. The van der Waals surface area contributed by atoms with E-state index in [1.807, 2.05) is 0 Å². The Kier molecular flexibility index (Phi) is 2.61. The van der Waals surface area contributed by atoms with E-state index >= 15 is 0 Å². The molecular formula is C15H26O2. The van der Waals surface area contributed by atoms with Crippen LogP contribution in [0, 0.1) is 23.2 Å². The predicted octanol–water partition coefficient (Wildman–Crippen LogP) is 2.99. The minimum Gasteiger partial charge on any atom is -0.390 e. The summed E-state index contributed by atoms with van der Waals surface area (Å²) in [6.45, 7) is 7.67. The van der Waals surface area contributed by atoms with E-state index in [4.69, 9.17) is 4.74 Å². The van der Waals surface area contributed by atoms with Gasteiger partial charge in [0.2, 0.25) is 0 Å². The SMILES string of the molecule is CC1COC2CC[C@@](C)(O)[C@H]3C[C@H]1CC[C@@]23C. The van der Waals surface area contributed by atoms with Crippen molar-refractivity contribution in [3.63, 3.8) is 0 Å². The van der Waals surface area contributed by atoms with E-state index in [0.717, 1.165) is 25.4 Å². The van der Waals surface area contributed by atoms with Crippen molar-refractivity contribution in [3.05, 3.63) is 0 Å². The molecule has 0 amide bonds. The summed E-state index contributed by atoms with van der Waals surface area (Å²) in [5.41, 5.74) is -0.247. The van der Waals surface area contributed by atoms with E-state index in [9.17, 15) is 5.11 Å². The summed E-state index contributed by atoms with van der Waals surface area (Å²) in [5, 5.41) is 10.7. The molecule has 2 aliphatic carbocycles. The summed E-state index contributed by atoms with van der Waals surface area (Å²) in [4.78, 5) is 0. The summed E-state index contributed by atoms with van der Waals surface area (Å²) in [5.74, 6) is 1.87. The van der Waals surface area contributed by atoms with Gasteiger partial charge in [-0.15, -0.1) is 0 Å². The number of hydrogen-bond acceptors (Lipinski definition) is 2. The van der Waals surface area contributed by atoms with E-state index in [1.165, 1.54) is 19.3 Å². The molecule has 98 valence electrons. The van der Waals surface area contributed by atoms with Crippen molar-refractivity contribution in [1.29, 1.82) is 0 Å². The van der Waals surface area contributed by atoms with Gasteiger partial charge in [0.05, 0.1) is 11.7 Å². The molecule has 2 unspecified atom stereocenters. The molecular weight excluding hydrogens is 212 g/mol. The van der Waals surface area contributed by atoms with Crippen LogP contribution < -0.4 is 0 Å². The van der Waals surface area contributed by atoms with Crippen molar-refractivity contribution in [1.82, 2.24) is 0 Å². The van der Waals surface area contributed by atoms with Gasteiger partial charge in [-0.25, -0.2) is 0 Å². The first-order valence-electron chi connectivity index (χ1n) is 7.27. The molecule has 0 radical (unpaired) electrons. The second-order valence-corrected chi connectivity index (χ2v) is 7.29. The molecule has 0 aromatic carbocycles. The molecule has 6 atom stereocenters. The van der Waals surface area contributed by atoms with Crippen LogP contribution in [0.1, 0.15) is 52.9 Å². The molecule has 2 heterocycles. The standard InChI is InChI=1S/C15H26O2/c1-10-9-17-13-5-7-15(3,16)12-8-11(10)4-6-14(12,13)2/h10-13,16H,4-9H2,1-3H3/t10?,11-,12+,13?,14-,15-/m1/s1. The number of ether oxygens (including phenoxy) is 1. The van der Waals surface area contributed by atoms with E-state index in [-0.39, 0.29) is 5.41 Å². The van der Waals surface area contributed by atoms with Gasteiger partial charge in [-0.2, -0.15) is 0 Å². The molecule has 1 N–H and O–H groups in total. The average Bonchev–Trinajstić information content (AvgIpc) is 2.26. The van der Waals surface area contributed by atoms with E-state index in [1.54, 1.807) is 0 Å². The second kappa shape index (κ2) is 3.71. The van der Waals surface area contributed by atoms with Gasteiger partial charge in [-0.3, -0.25) is 0 Å². The predicted molar refractivity (Wildman–Crippen MR) is 67.7 cm³/mol. The van der Waals surface area contributed by atoms with Gasteiger partial charge in [0.25, 0.3) is 0 Å². The zero-order valence-electron chi connectivity index (χ0n) is 11.4. The highest BCUT2D eigenvalue weighted by molar-refractivity contribution is 5.07. The molecule has 2 saturated carbocycles. The molecule has 4 rings (SSSR count). The van der Waals surface area contributed by atoms with Gasteiger partial charge in [0.1, 0.15) is 0 Å². The first-order valence-corrected chi connectivity index (χ1v) is 7.27. The fraction of sp³-hybridized carbons (Fsp3) is 1.00. The number of fused-ring (bicyclic) bond motifs is 3. The van der Waals surface area contributed by atoms with Crippen LogP contribution in [-0.2, 0) is 4.74 Å². The molecule has 2 aliphatic heterocycles. The normalized spacial score (nSPS) is 58.6. The monoisotopic (exact) mass is 238 g/mol. The number of aliphatic hydroxyl groups is 1.